The van der Waals surface area contributed by atoms with Gasteiger partial charge in [0.15, 0.2) is 0 Å². The van der Waals surface area contributed by atoms with Crippen LogP contribution >= 0.6 is 0 Å². The lowest BCUT2D eigenvalue weighted by Crippen LogP contribution is -2.24. The smallest absolute Gasteiger partial charge is 0.0892 e. The van der Waals surface area contributed by atoms with Gasteiger partial charge in [-0.2, -0.15) is 0 Å². The van der Waals surface area contributed by atoms with E-state index in [2.05, 4.69) is 24.0 Å². The highest BCUT2D eigenvalue weighted by atomic mass is 32.2. The first-order chi connectivity index (χ1) is 9.33. The Balaban J connectivity index is 2.15. The van der Waals surface area contributed by atoms with Crippen LogP contribution in [0.25, 0.3) is 0 Å². The van der Waals surface area contributed by atoms with Crippen molar-refractivity contribution in [2.45, 2.75) is 29.6 Å². The molecule has 3 heteroatoms. The number of nitrogens with zero attached hydrogens (tertiary/aromatic N) is 1. The zero-order valence-electron chi connectivity index (χ0n) is 11.0. The molecule has 0 spiro atoms. The Kier molecular flexibility index (Phi) is 3.38. The van der Waals surface area contributed by atoms with E-state index in [1.54, 1.807) is 0 Å². The summed E-state index contributed by atoms with van der Waals surface area (Å²) in [5.74, 6) is 0. The number of para-hydroxylation sites is 2. The van der Waals surface area contributed by atoms with Crippen LogP contribution in [-0.4, -0.2) is 10.8 Å². The second kappa shape index (κ2) is 5.17. The average molecular weight is 271 g/mol. The molecule has 0 atom stereocenters. The Morgan fingerprint density at radius 2 is 1.47 bits per heavy atom. The van der Waals surface area contributed by atoms with Gasteiger partial charge in [0.1, 0.15) is 0 Å². The predicted molar refractivity (Wildman–Crippen MR) is 79.5 cm³/mol. The molecule has 2 nitrogen and oxygen atoms in total. The molecular weight excluding hydrogens is 254 g/mol. The summed E-state index contributed by atoms with van der Waals surface area (Å²) in [6.07, 6.45) is 2.29. The Morgan fingerprint density at radius 3 is 2.00 bits per heavy atom. The standard InChI is InChI=1S/C16H17NOS/c1-2-3-12-17-13-8-4-6-10-15(13)19(18)16-11-7-5-9-14(16)17/h4-11H,2-3,12H2,1H3. The Morgan fingerprint density at radius 1 is 0.947 bits per heavy atom. The van der Waals surface area contributed by atoms with Crippen LogP contribution in [0.15, 0.2) is 58.3 Å². The van der Waals surface area contributed by atoms with Gasteiger partial charge in [0.25, 0.3) is 0 Å². The van der Waals surface area contributed by atoms with Crippen molar-refractivity contribution in [2.24, 2.45) is 0 Å². The SMILES string of the molecule is CCCCN1c2ccccc2S(=O)c2ccccc21. The highest BCUT2D eigenvalue weighted by molar-refractivity contribution is 7.85. The summed E-state index contributed by atoms with van der Waals surface area (Å²) in [6, 6.07) is 16.0. The van der Waals surface area contributed by atoms with Crippen LogP contribution in [0, 0.1) is 0 Å². The highest BCUT2D eigenvalue weighted by Gasteiger charge is 2.26. The van der Waals surface area contributed by atoms with Crippen molar-refractivity contribution in [3.8, 4) is 0 Å². The van der Waals surface area contributed by atoms with Gasteiger partial charge in [0.05, 0.1) is 32.0 Å². The van der Waals surface area contributed by atoms with Gasteiger partial charge in [0, 0.05) is 6.54 Å². The summed E-state index contributed by atoms with van der Waals surface area (Å²) in [7, 11) is -1.06. The van der Waals surface area contributed by atoms with E-state index in [1.807, 2.05) is 36.4 Å². The molecule has 1 aliphatic heterocycles. The largest absolute Gasteiger partial charge is 0.339 e. The molecule has 19 heavy (non-hydrogen) atoms. The van der Waals surface area contributed by atoms with Crippen molar-refractivity contribution in [1.29, 1.82) is 0 Å². The first kappa shape index (κ1) is 12.4. The lowest BCUT2D eigenvalue weighted by molar-refractivity contribution is 0.680. The summed E-state index contributed by atoms with van der Waals surface area (Å²) in [4.78, 5) is 4.16. The molecular formula is C16H17NOS. The van der Waals surface area contributed by atoms with Crippen molar-refractivity contribution < 1.29 is 4.21 Å². The van der Waals surface area contributed by atoms with E-state index in [9.17, 15) is 4.21 Å². The fraction of sp³-hybridized carbons (Fsp3) is 0.250. The van der Waals surface area contributed by atoms with Crippen molar-refractivity contribution >= 4 is 22.2 Å². The molecule has 0 radical (unpaired) electrons. The lowest BCUT2D eigenvalue weighted by Gasteiger charge is -2.32. The van der Waals surface area contributed by atoms with Crippen LogP contribution in [0.4, 0.5) is 11.4 Å². The molecule has 0 fully saturated rings. The van der Waals surface area contributed by atoms with Crippen LogP contribution < -0.4 is 4.90 Å². The lowest BCUT2D eigenvalue weighted by atomic mass is 10.2. The molecule has 0 saturated heterocycles. The molecule has 0 unspecified atom stereocenters. The van der Waals surface area contributed by atoms with E-state index in [1.165, 1.54) is 0 Å². The molecule has 0 saturated carbocycles. The molecule has 2 aromatic carbocycles. The van der Waals surface area contributed by atoms with Crippen LogP contribution in [0.3, 0.4) is 0 Å². The van der Waals surface area contributed by atoms with E-state index < -0.39 is 10.8 Å². The van der Waals surface area contributed by atoms with Crippen LogP contribution in [0.5, 0.6) is 0 Å². The van der Waals surface area contributed by atoms with Crippen LogP contribution in [0.2, 0.25) is 0 Å². The second-order valence-corrected chi connectivity index (χ2v) is 6.13. The molecule has 0 amide bonds. The maximum Gasteiger partial charge on any atom is 0.0892 e. The van der Waals surface area contributed by atoms with Crippen molar-refractivity contribution in [3.63, 3.8) is 0 Å². The van der Waals surface area contributed by atoms with Crippen molar-refractivity contribution in [2.75, 3.05) is 11.4 Å². The number of hydrogen-bond donors (Lipinski definition) is 0. The number of benzene rings is 2. The number of fused-ring (bicyclic) bond motifs is 2. The van der Waals surface area contributed by atoms with E-state index in [0.29, 0.717) is 0 Å². The molecule has 1 aliphatic rings. The fourth-order valence-corrected chi connectivity index (χ4v) is 3.86. The van der Waals surface area contributed by atoms with Gasteiger partial charge < -0.3 is 4.90 Å². The third-order valence-corrected chi connectivity index (χ3v) is 4.94. The maximum atomic E-state index is 12.6. The van der Waals surface area contributed by atoms with Gasteiger partial charge in [-0.1, -0.05) is 37.6 Å². The summed E-state index contributed by atoms with van der Waals surface area (Å²) in [5.41, 5.74) is 2.18. The summed E-state index contributed by atoms with van der Waals surface area (Å²) in [5, 5.41) is 0. The molecule has 0 aromatic heterocycles. The molecule has 3 rings (SSSR count). The van der Waals surface area contributed by atoms with Crippen LogP contribution in [0.1, 0.15) is 19.8 Å². The minimum Gasteiger partial charge on any atom is -0.339 e. The van der Waals surface area contributed by atoms with Gasteiger partial charge >= 0.3 is 0 Å². The molecule has 0 bridgehead atoms. The number of anilines is 2. The second-order valence-electron chi connectivity index (χ2n) is 4.71. The molecule has 2 aromatic rings. The van der Waals surface area contributed by atoms with Gasteiger partial charge in [-0.25, -0.2) is 4.21 Å². The summed E-state index contributed by atoms with van der Waals surface area (Å²) in [6.45, 7) is 3.17. The zero-order valence-corrected chi connectivity index (χ0v) is 11.8. The van der Waals surface area contributed by atoms with Crippen molar-refractivity contribution in [1.82, 2.24) is 0 Å². The molecule has 1 heterocycles. The Bertz CT molecular complexity index is 574. The monoisotopic (exact) mass is 271 g/mol. The molecule has 98 valence electrons. The van der Waals surface area contributed by atoms with E-state index in [4.69, 9.17) is 0 Å². The van der Waals surface area contributed by atoms with E-state index in [0.717, 1.165) is 40.6 Å². The topological polar surface area (TPSA) is 20.3 Å². The normalized spacial score (nSPS) is 14.1. The van der Waals surface area contributed by atoms with Gasteiger partial charge in [0.2, 0.25) is 0 Å². The van der Waals surface area contributed by atoms with Gasteiger partial charge in [-0.05, 0) is 30.7 Å². The first-order valence-corrected chi connectivity index (χ1v) is 7.85. The fourth-order valence-electron chi connectivity index (χ4n) is 2.48. The van der Waals surface area contributed by atoms with Crippen LogP contribution in [-0.2, 0) is 10.8 Å². The zero-order chi connectivity index (χ0) is 13.2. The molecule has 0 N–H and O–H groups in total. The first-order valence-electron chi connectivity index (χ1n) is 6.70. The minimum atomic E-state index is -1.06. The Labute approximate surface area is 116 Å². The highest BCUT2D eigenvalue weighted by Crippen LogP contribution is 2.41. The molecule has 0 aliphatic carbocycles. The van der Waals surface area contributed by atoms with Gasteiger partial charge in [-0.3, -0.25) is 0 Å². The summed E-state index contributed by atoms with van der Waals surface area (Å²) < 4.78 is 12.6. The maximum absolute atomic E-state index is 12.6. The number of unbranched alkanes of at least 4 members (excludes halogenated alkanes) is 1. The third kappa shape index (κ3) is 2.08. The third-order valence-electron chi connectivity index (χ3n) is 3.45. The number of hydrogen-bond acceptors (Lipinski definition) is 2. The van der Waals surface area contributed by atoms with E-state index >= 15 is 0 Å². The minimum absolute atomic E-state index is 0.928. The van der Waals surface area contributed by atoms with E-state index in [-0.39, 0.29) is 0 Å². The summed E-state index contributed by atoms with van der Waals surface area (Å²) >= 11 is 0. The average Bonchev–Trinajstić information content (AvgIpc) is 2.47. The van der Waals surface area contributed by atoms with Crippen molar-refractivity contribution in [3.05, 3.63) is 48.5 Å². The van der Waals surface area contributed by atoms with Gasteiger partial charge in [-0.15, -0.1) is 0 Å². The number of rotatable bonds is 3. The Hall–Kier alpha value is -1.61. The predicted octanol–water partition coefficient (Wildman–Crippen LogP) is 4.10. The quantitative estimate of drug-likeness (QED) is 0.837.